The molecule has 2 heterocycles. The minimum absolute atomic E-state index is 0.0355. The van der Waals surface area contributed by atoms with Gasteiger partial charge in [-0.1, -0.05) is 50.9 Å². The molecule has 3 aromatic rings. The molecule has 164 valence electrons. The molecule has 3 rings (SSSR count). The Hall–Kier alpha value is -2.59. The molecule has 5 heteroatoms. The van der Waals surface area contributed by atoms with Crippen LogP contribution in [0.5, 0.6) is 0 Å². The number of carbonyl (C=O) groups is 1. The molecular weight excluding hydrogens is 406 g/mol. The van der Waals surface area contributed by atoms with Crippen LogP contribution in [0.25, 0.3) is 11.2 Å². The van der Waals surface area contributed by atoms with Gasteiger partial charge in [-0.15, -0.1) is 0 Å². The largest absolute Gasteiger partial charge is 0.402 e. The van der Waals surface area contributed by atoms with Crippen molar-refractivity contribution in [1.82, 2.24) is 9.38 Å². The Morgan fingerprint density at radius 1 is 1.13 bits per heavy atom. The number of ketones is 1. The van der Waals surface area contributed by atoms with E-state index in [4.69, 9.17) is 22.3 Å². The summed E-state index contributed by atoms with van der Waals surface area (Å²) in [6, 6.07) is 10.3. The lowest BCUT2D eigenvalue weighted by Gasteiger charge is -2.10. The minimum Gasteiger partial charge on any atom is -0.402 e. The van der Waals surface area contributed by atoms with Crippen LogP contribution in [0.2, 0.25) is 5.02 Å². The highest BCUT2D eigenvalue weighted by atomic mass is 35.5. The third kappa shape index (κ3) is 5.01. The highest BCUT2D eigenvalue weighted by molar-refractivity contribution is 6.31. The number of nitrogens with two attached hydrogens (primary N) is 1. The van der Waals surface area contributed by atoms with E-state index in [0.717, 1.165) is 47.6 Å². The molecule has 0 unspecified atom stereocenters. The number of aryl methyl sites for hydroxylation is 3. The van der Waals surface area contributed by atoms with E-state index in [1.165, 1.54) is 16.8 Å². The third-order valence-electron chi connectivity index (χ3n) is 5.67. The Bertz CT molecular complexity index is 1140. The maximum atomic E-state index is 12.1. The molecule has 0 atom stereocenters. The summed E-state index contributed by atoms with van der Waals surface area (Å²) in [4.78, 5) is 17.0. The predicted octanol–water partition coefficient (Wildman–Crippen LogP) is 6.13. The van der Waals surface area contributed by atoms with E-state index in [0.29, 0.717) is 17.2 Å². The maximum absolute atomic E-state index is 12.1. The van der Waals surface area contributed by atoms with Gasteiger partial charge >= 0.3 is 0 Å². The van der Waals surface area contributed by atoms with Crippen LogP contribution < -0.4 is 5.73 Å². The van der Waals surface area contributed by atoms with Crippen molar-refractivity contribution < 1.29 is 4.79 Å². The molecule has 1 aromatic carbocycles. The van der Waals surface area contributed by atoms with Crippen molar-refractivity contribution in [1.29, 1.82) is 0 Å². The quantitative estimate of drug-likeness (QED) is 0.431. The van der Waals surface area contributed by atoms with Gasteiger partial charge in [0.15, 0.2) is 5.78 Å². The number of rotatable bonds is 8. The lowest BCUT2D eigenvalue weighted by atomic mass is 9.99. The van der Waals surface area contributed by atoms with E-state index in [1.807, 2.05) is 18.3 Å². The van der Waals surface area contributed by atoms with Gasteiger partial charge in [0, 0.05) is 28.2 Å². The minimum atomic E-state index is -0.0355. The van der Waals surface area contributed by atoms with Crippen LogP contribution >= 0.6 is 11.6 Å². The zero-order valence-corrected chi connectivity index (χ0v) is 19.9. The van der Waals surface area contributed by atoms with Crippen molar-refractivity contribution in [3.05, 3.63) is 75.3 Å². The number of imidazole rings is 1. The first-order valence-electron chi connectivity index (χ1n) is 11.0. The van der Waals surface area contributed by atoms with E-state index < -0.39 is 0 Å². The fourth-order valence-electron chi connectivity index (χ4n) is 4.17. The van der Waals surface area contributed by atoms with Gasteiger partial charge < -0.3 is 10.1 Å². The summed E-state index contributed by atoms with van der Waals surface area (Å²) in [6.07, 6.45) is 5.72. The second-order valence-electron chi connectivity index (χ2n) is 8.52. The zero-order valence-electron chi connectivity index (χ0n) is 19.1. The van der Waals surface area contributed by atoms with Crippen LogP contribution in [-0.2, 0) is 24.1 Å². The number of hydrogen-bond acceptors (Lipinski definition) is 3. The highest BCUT2D eigenvalue weighted by Gasteiger charge is 2.16. The number of allylic oxidation sites excluding steroid dienone is 2. The summed E-state index contributed by atoms with van der Waals surface area (Å²) in [6.45, 7) is 9.79. The van der Waals surface area contributed by atoms with Crippen LogP contribution in [0.15, 0.2) is 42.2 Å². The Kier molecular flexibility index (Phi) is 7.22. The second kappa shape index (κ2) is 9.69. The van der Waals surface area contributed by atoms with Crippen molar-refractivity contribution >= 4 is 28.6 Å². The second-order valence-corrected chi connectivity index (χ2v) is 8.93. The van der Waals surface area contributed by atoms with E-state index in [2.05, 4.69) is 43.4 Å². The summed E-state index contributed by atoms with van der Waals surface area (Å²) in [5.74, 6) is 0.378. The highest BCUT2D eigenvalue weighted by Crippen LogP contribution is 2.27. The maximum Gasteiger partial charge on any atom is 0.162 e. The van der Waals surface area contributed by atoms with Gasteiger partial charge in [0.25, 0.3) is 0 Å². The number of benzene rings is 1. The number of Topliss-reactive ketones (excluding diaryl/α,β-unsaturated/α-hetero) is 1. The smallest absolute Gasteiger partial charge is 0.162 e. The number of pyridine rings is 1. The summed E-state index contributed by atoms with van der Waals surface area (Å²) in [5, 5.41) is 0.835. The van der Waals surface area contributed by atoms with Gasteiger partial charge in [0.1, 0.15) is 5.65 Å². The SMILES string of the molecule is CCCc1c(CCc2ccc(C(C)C)c(Cl)c2)nc2cc(/C(C(C)=O)=C(\C)N)ccn12. The molecule has 0 saturated heterocycles. The average molecular weight is 438 g/mol. The normalized spacial score (nSPS) is 12.5. The molecule has 0 fully saturated rings. The van der Waals surface area contributed by atoms with Crippen molar-refractivity contribution in [2.75, 3.05) is 0 Å². The van der Waals surface area contributed by atoms with E-state index in [1.54, 1.807) is 13.8 Å². The number of halogens is 1. The molecule has 4 nitrogen and oxygen atoms in total. The molecular formula is C26H32ClN3O. The Balaban J connectivity index is 1.94. The fraction of sp³-hybridized carbons (Fsp3) is 0.385. The van der Waals surface area contributed by atoms with Gasteiger partial charge in [-0.05, 0) is 73.9 Å². The lowest BCUT2D eigenvalue weighted by molar-refractivity contribution is -0.111. The molecule has 2 aromatic heterocycles. The molecule has 0 aliphatic carbocycles. The molecule has 0 spiro atoms. The Morgan fingerprint density at radius 3 is 2.45 bits per heavy atom. The van der Waals surface area contributed by atoms with Crippen LogP contribution in [0, 0.1) is 0 Å². The Labute approximate surface area is 190 Å². The molecule has 0 saturated carbocycles. The Morgan fingerprint density at radius 2 is 1.87 bits per heavy atom. The number of nitrogens with zero attached hydrogens (tertiary/aromatic N) is 2. The van der Waals surface area contributed by atoms with Crippen LogP contribution in [0.4, 0.5) is 0 Å². The van der Waals surface area contributed by atoms with Crippen LogP contribution in [0.1, 0.15) is 75.0 Å². The molecule has 0 aliphatic heterocycles. The fourth-order valence-corrected chi connectivity index (χ4v) is 4.59. The summed E-state index contributed by atoms with van der Waals surface area (Å²) >= 11 is 6.49. The van der Waals surface area contributed by atoms with Gasteiger partial charge in [-0.2, -0.15) is 0 Å². The van der Waals surface area contributed by atoms with Gasteiger partial charge in [-0.25, -0.2) is 4.98 Å². The zero-order chi connectivity index (χ0) is 22.7. The first-order chi connectivity index (χ1) is 14.7. The number of fused-ring (bicyclic) bond motifs is 1. The molecule has 0 aliphatic rings. The topological polar surface area (TPSA) is 60.4 Å². The molecule has 0 amide bonds. The van der Waals surface area contributed by atoms with E-state index in [-0.39, 0.29) is 5.78 Å². The standard InChI is InChI=1S/C26H32ClN3O/c1-6-7-24-23(11-9-19-8-10-21(16(2)3)22(27)14-19)29-25-15-20(12-13-30(24)25)26(17(4)28)18(5)31/h8,10,12-16H,6-7,9,11,28H2,1-5H3/b26-17+. The first-order valence-corrected chi connectivity index (χ1v) is 11.4. The van der Waals surface area contributed by atoms with Gasteiger partial charge in [-0.3, -0.25) is 4.79 Å². The number of hydrogen-bond donors (Lipinski definition) is 1. The van der Waals surface area contributed by atoms with E-state index in [9.17, 15) is 4.79 Å². The summed E-state index contributed by atoms with van der Waals surface area (Å²) < 4.78 is 2.14. The summed E-state index contributed by atoms with van der Waals surface area (Å²) in [5.41, 5.74) is 13.5. The number of aromatic nitrogens is 2. The van der Waals surface area contributed by atoms with Crippen LogP contribution in [-0.4, -0.2) is 15.2 Å². The van der Waals surface area contributed by atoms with Crippen molar-refractivity contribution in [2.24, 2.45) is 5.73 Å². The monoisotopic (exact) mass is 437 g/mol. The summed E-state index contributed by atoms with van der Waals surface area (Å²) in [7, 11) is 0. The average Bonchev–Trinajstić information content (AvgIpc) is 3.03. The molecule has 0 bridgehead atoms. The van der Waals surface area contributed by atoms with Gasteiger partial charge in [0.2, 0.25) is 0 Å². The third-order valence-corrected chi connectivity index (χ3v) is 5.99. The molecule has 2 N–H and O–H groups in total. The van der Waals surface area contributed by atoms with Crippen LogP contribution in [0.3, 0.4) is 0 Å². The van der Waals surface area contributed by atoms with E-state index >= 15 is 0 Å². The molecule has 31 heavy (non-hydrogen) atoms. The predicted molar refractivity (Wildman–Crippen MR) is 130 cm³/mol. The molecule has 0 radical (unpaired) electrons. The van der Waals surface area contributed by atoms with Crippen molar-refractivity contribution in [3.63, 3.8) is 0 Å². The number of carbonyl (C=O) groups excluding carboxylic acids is 1. The first kappa shape index (κ1) is 23.1. The lowest BCUT2D eigenvalue weighted by Crippen LogP contribution is -2.06. The van der Waals surface area contributed by atoms with Crippen molar-refractivity contribution in [3.8, 4) is 0 Å². The van der Waals surface area contributed by atoms with Crippen molar-refractivity contribution in [2.45, 2.75) is 66.2 Å². The van der Waals surface area contributed by atoms with Gasteiger partial charge in [0.05, 0.1) is 5.69 Å².